The molecule has 0 aliphatic heterocycles. The Kier molecular flexibility index (Phi) is 4.97. The molecular formula is C15H20FN3O2S. The van der Waals surface area contributed by atoms with Gasteiger partial charge in [-0.3, -0.25) is 4.68 Å². The number of hydrogen-bond acceptors (Lipinski definition) is 4. The second-order valence-corrected chi connectivity index (χ2v) is 7.39. The molecule has 22 heavy (non-hydrogen) atoms. The molecule has 5 nitrogen and oxygen atoms in total. The molecule has 0 aliphatic carbocycles. The minimum atomic E-state index is -3.53. The third-order valence-electron chi connectivity index (χ3n) is 3.48. The van der Waals surface area contributed by atoms with Crippen molar-refractivity contribution in [2.75, 3.05) is 12.8 Å². The van der Waals surface area contributed by atoms with Crippen molar-refractivity contribution in [2.45, 2.75) is 24.3 Å². The van der Waals surface area contributed by atoms with E-state index in [1.165, 1.54) is 12.1 Å². The van der Waals surface area contributed by atoms with Crippen LogP contribution in [0.3, 0.4) is 0 Å². The summed E-state index contributed by atoms with van der Waals surface area (Å²) >= 11 is 0. The predicted octanol–water partition coefficient (Wildman–Crippen LogP) is 1.86. The van der Waals surface area contributed by atoms with Crippen LogP contribution in [0.25, 0.3) is 0 Å². The molecule has 0 bridgehead atoms. The number of nitrogens with zero attached hydrogens (tertiary/aromatic N) is 2. The number of aromatic nitrogens is 2. The van der Waals surface area contributed by atoms with Crippen LogP contribution in [0.15, 0.2) is 35.5 Å². The van der Waals surface area contributed by atoms with E-state index in [1.807, 2.05) is 26.4 Å². The zero-order valence-electron chi connectivity index (χ0n) is 12.9. The van der Waals surface area contributed by atoms with Gasteiger partial charge in [0.2, 0.25) is 0 Å². The summed E-state index contributed by atoms with van der Waals surface area (Å²) in [5.74, 6) is -0.707. The molecule has 0 amide bonds. The van der Waals surface area contributed by atoms with E-state index in [4.69, 9.17) is 0 Å². The number of rotatable bonds is 6. The van der Waals surface area contributed by atoms with E-state index in [-0.39, 0.29) is 10.9 Å². The topological polar surface area (TPSA) is 64.0 Å². The molecular weight excluding hydrogens is 305 g/mol. The van der Waals surface area contributed by atoms with Gasteiger partial charge in [0.05, 0.1) is 6.20 Å². The number of hydrogen-bond donors (Lipinski definition) is 1. The van der Waals surface area contributed by atoms with E-state index < -0.39 is 15.7 Å². The van der Waals surface area contributed by atoms with Crippen molar-refractivity contribution in [3.05, 3.63) is 47.5 Å². The van der Waals surface area contributed by atoms with Gasteiger partial charge in [0.15, 0.2) is 9.84 Å². The lowest BCUT2D eigenvalue weighted by Gasteiger charge is -2.14. The molecule has 1 aromatic heterocycles. The van der Waals surface area contributed by atoms with Crippen LogP contribution < -0.4 is 5.32 Å². The first kappa shape index (κ1) is 16.6. The van der Waals surface area contributed by atoms with Gasteiger partial charge in [-0.2, -0.15) is 5.10 Å². The Morgan fingerprint density at radius 1 is 1.41 bits per heavy atom. The highest BCUT2D eigenvalue weighted by Gasteiger charge is 2.15. The summed E-state index contributed by atoms with van der Waals surface area (Å²) in [6, 6.07) is 4.17. The maximum absolute atomic E-state index is 13.9. The predicted molar refractivity (Wildman–Crippen MR) is 82.8 cm³/mol. The molecule has 0 unspecified atom stereocenters. The Labute approximate surface area is 130 Å². The Bertz CT molecular complexity index is 756. The average Bonchev–Trinajstić information content (AvgIpc) is 2.82. The molecule has 0 saturated heterocycles. The molecule has 0 spiro atoms. The van der Waals surface area contributed by atoms with Crippen molar-refractivity contribution >= 4 is 9.84 Å². The zero-order chi connectivity index (χ0) is 16.3. The summed E-state index contributed by atoms with van der Waals surface area (Å²) in [6.45, 7) is 2.64. The fraction of sp³-hybridized carbons (Fsp3) is 0.400. The summed E-state index contributed by atoms with van der Waals surface area (Å²) in [5, 5.41) is 7.39. The van der Waals surface area contributed by atoms with Crippen LogP contribution in [-0.2, 0) is 23.3 Å². The molecule has 7 heteroatoms. The largest absolute Gasteiger partial charge is 0.310 e. The first-order valence-electron chi connectivity index (χ1n) is 6.98. The summed E-state index contributed by atoms with van der Waals surface area (Å²) < 4.78 is 38.4. The van der Waals surface area contributed by atoms with Crippen LogP contribution >= 0.6 is 0 Å². The van der Waals surface area contributed by atoms with Gasteiger partial charge >= 0.3 is 0 Å². The van der Waals surface area contributed by atoms with E-state index in [1.54, 1.807) is 10.7 Å². The van der Waals surface area contributed by atoms with Gasteiger partial charge in [-0.25, -0.2) is 12.8 Å². The molecule has 1 N–H and O–H groups in total. The molecule has 2 rings (SSSR count). The zero-order valence-corrected chi connectivity index (χ0v) is 13.7. The van der Waals surface area contributed by atoms with Crippen LogP contribution in [0.5, 0.6) is 0 Å². The highest BCUT2D eigenvalue weighted by molar-refractivity contribution is 7.90. The van der Waals surface area contributed by atoms with E-state index in [0.29, 0.717) is 0 Å². The van der Waals surface area contributed by atoms with Gasteiger partial charge in [0.1, 0.15) is 10.7 Å². The lowest BCUT2D eigenvalue weighted by molar-refractivity contribution is 0.551. The van der Waals surface area contributed by atoms with Crippen LogP contribution in [0.2, 0.25) is 0 Å². The first-order chi connectivity index (χ1) is 10.3. The summed E-state index contributed by atoms with van der Waals surface area (Å²) in [5.41, 5.74) is 1.84. The minimum absolute atomic E-state index is 0.0696. The Morgan fingerprint density at radius 3 is 2.68 bits per heavy atom. The Morgan fingerprint density at radius 2 is 2.14 bits per heavy atom. The molecule has 120 valence electrons. The van der Waals surface area contributed by atoms with Crippen LogP contribution in [0.1, 0.15) is 24.1 Å². The van der Waals surface area contributed by atoms with E-state index >= 15 is 0 Å². The van der Waals surface area contributed by atoms with Crippen molar-refractivity contribution in [1.82, 2.24) is 15.1 Å². The third kappa shape index (κ3) is 4.14. The minimum Gasteiger partial charge on any atom is -0.310 e. The fourth-order valence-corrected chi connectivity index (χ4v) is 2.97. The van der Waals surface area contributed by atoms with Gasteiger partial charge in [0, 0.05) is 25.5 Å². The monoisotopic (exact) mass is 325 g/mol. The molecule has 2 aromatic rings. The first-order valence-corrected chi connectivity index (χ1v) is 8.87. The van der Waals surface area contributed by atoms with Crippen LogP contribution in [-0.4, -0.2) is 31.0 Å². The Hall–Kier alpha value is -1.73. The summed E-state index contributed by atoms with van der Waals surface area (Å²) in [6.07, 6.45) is 5.59. The molecule has 0 fully saturated rings. The standard InChI is InChI=1S/C15H20FN3O2S/c1-11(17-7-6-12-9-18-19(2)10-12)13-4-5-15(14(16)8-13)22(3,20)21/h4-5,8-11,17H,6-7H2,1-3H3/t11-/m1/s1. The van der Waals surface area contributed by atoms with Gasteiger partial charge in [0.25, 0.3) is 0 Å². The van der Waals surface area contributed by atoms with E-state index in [2.05, 4.69) is 10.4 Å². The van der Waals surface area contributed by atoms with E-state index in [9.17, 15) is 12.8 Å². The molecule has 1 heterocycles. The number of sulfone groups is 1. The number of nitrogens with one attached hydrogen (secondary N) is 1. The number of halogens is 1. The van der Waals surface area contributed by atoms with Crippen LogP contribution in [0, 0.1) is 5.82 Å². The van der Waals surface area contributed by atoms with Gasteiger partial charge in [-0.15, -0.1) is 0 Å². The summed E-state index contributed by atoms with van der Waals surface area (Å²) in [4.78, 5) is -0.265. The number of benzene rings is 1. The molecule has 1 aromatic carbocycles. The normalized spacial score (nSPS) is 13.3. The lowest BCUT2D eigenvalue weighted by Crippen LogP contribution is -2.21. The van der Waals surface area contributed by atoms with E-state index in [0.717, 1.165) is 30.3 Å². The lowest BCUT2D eigenvalue weighted by atomic mass is 10.1. The van der Waals surface area contributed by atoms with Crippen molar-refractivity contribution in [3.63, 3.8) is 0 Å². The van der Waals surface area contributed by atoms with Gasteiger partial charge < -0.3 is 5.32 Å². The highest BCUT2D eigenvalue weighted by Crippen LogP contribution is 2.20. The highest BCUT2D eigenvalue weighted by atomic mass is 32.2. The van der Waals surface area contributed by atoms with Crippen molar-refractivity contribution in [1.29, 1.82) is 0 Å². The molecule has 0 aliphatic rings. The summed E-state index contributed by atoms with van der Waals surface area (Å²) in [7, 11) is -1.66. The second kappa shape index (κ2) is 6.58. The Balaban J connectivity index is 1.98. The SMILES string of the molecule is C[C@@H](NCCc1cnn(C)c1)c1ccc(S(C)(=O)=O)c(F)c1. The maximum atomic E-state index is 13.9. The smallest absolute Gasteiger partial charge is 0.178 e. The molecule has 1 atom stereocenters. The average molecular weight is 325 g/mol. The van der Waals surface area contributed by atoms with Crippen molar-refractivity contribution in [3.8, 4) is 0 Å². The quantitative estimate of drug-likeness (QED) is 0.880. The van der Waals surface area contributed by atoms with Gasteiger partial charge in [-0.05, 0) is 43.1 Å². The van der Waals surface area contributed by atoms with Crippen LogP contribution in [0.4, 0.5) is 4.39 Å². The third-order valence-corrected chi connectivity index (χ3v) is 4.61. The molecule has 0 radical (unpaired) electrons. The fourth-order valence-electron chi connectivity index (χ4n) is 2.24. The van der Waals surface area contributed by atoms with Gasteiger partial charge in [-0.1, -0.05) is 6.07 Å². The van der Waals surface area contributed by atoms with Crippen molar-refractivity contribution < 1.29 is 12.8 Å². The number of aryl methyl sites for hydroxylation is 1. The van der Waals surface area contributed by atoms with Crippen molar-refractivity contribution in [2.24, 2.45) is 7.05 Å². The molecule has 0 saturated carbocycles. The maximum Gasteiger partial charge on any atom is 0.178 e. The second-order valence-electron chi connectivity index (χ2n) is 5.41.